The van der Waals surface area contributed by atoms with E-state index in [0.717, 1.165) is 59.3 Å². The van der Waals surface area contributed by atoms with Crippen molar-refractivity contribution in [2.45, 2.75) is 57.0 Å². The Balaban J connectivity index is 1.19. The number of amides is 1. The number of nitrogens with zero attached hydrogens (tertiary/aromatic N) is 1. The topological polar surface area (TPSA) is 91.3 Å². The molecule has 7 nitrogen and oxygen atoms in total. The van der Waals surface area contributed by atoms with Crippen LogP contribution in [0.2, 0.25) is 0 Å². The molecule has 7 heteroatoms. The fourth-order valence-corrected chi connectivity index (χ4v) is 6.28. The molecule has 3 N–H and O–H groups in total. The molecule has 0 aliphatic carbocycles. The van der Waals surface area contributed by atoms with Crippen molar-refractivity contribution in [2.75, 3.05) is 19.7 Å². The van der Waals surface area contributed by atoms with E-state index in [0.29, 0.717) is 18.5 Å². The number of nitrogens with one attached hydrogen (secondary N) is 1. The third-order valence-corrected chi connectivity index (χ3v) is 8.75. The molecule has 2 aliphatic heterocycles. The highest BCUT2D eigenvalue weighted by Gasteiger charge is 2.35. The summed E-state index contributed by atoms with van der Waals surface area (Å²) in [5, 5.41) is 22.4. The molecule has 0 saturated carbocycles. The molecule has 6 rings (SSSR count). The lowest BCUT2D eigenvalue weighted by Crippen LogP contribution is -2.42. The summed E-state index contributed by atoms with van der Waals surface area (Å²) in [6.07, 6.45) is 2.05. The highest BCUT2D eigenvalue weighted by molar-refractivity contribution is 5.94. The SMILES string of the molecule is O=C(NCc1ccccc1-c1ccc([C@@H]2O[C@H](CN3CCC[C@H]3CO)C[C@H](c3ccc(CO)cc3)O2)cc1)c1ccccc1. The number of aliphatic hydroxyl groups is 2. The maximum Gasteiger partial charge on any atom is 0.251 e. The summed E-state index contributed by atoms with van der Waals surface area (Å²) in [6.45, 7) is 2.30. The van der Waals surface area contributed by atoms with Crippen LogP contribution < -0.4 is 5.32 Å². The standard InChI is InChI=1S/C37H40N2O5/c40-24-26-12-14-28(15-13-26)35-21-33(23-39-20-6-10-32(39)25-41)43-37(44-35)30-18-16-27(17-19-30)34-11-5-4-9-31(34)22-38-36(42)29-7-2-1-3-8-29/h1-5,7-9,11-19,32-33,35,37,40-41H,6,10,20-25H2,(H,38,42)/t32-,33-,35+,37+/m0/s1. The quantitative estimate of drug-likeness (QED) is 0.216. The second kappa shape index (κ2) is 14.3. The third kappa shape index (κ3) is 7.09. The molecule has 4 aromatic rings. The zero-order valence-corrected chi connectivity index (χ0v) is 24.8. The van der Waals surface area contributed by atoms with Gasteiger partial charge in [-0.25, -0.2) is 0 Å². The number of aliphatic hydroxyl groups excluding tert-OH is 2. The minimum Gasteiger partial charge on any atom is -0.395 e. The van der Waals surface area contributed by atoms with Crippen molar-refractivity contribution in [3.63, 3.8) is 0 Å². The highest BCUT2D eigenvalue weighted by Crippen LogP contribution is 2.39. The number of carbonyl (C=O) groups excluding carboxylic acids is 1. The first-order chi connectivity index (χ1) is 21.6. The molecule has 0 unspecified atom stereocenters. The molecular formula is C37H40N2O5. The summed E-state index contributed by atoms with van der Waals surface area (Å²) in [4.78, 5) is 15.0. The third-order valence-electron chi connectivity index (χ3n) is 8.75. The number of hydrogen-bond donors (Lipinski definition) is 3. The fourth-order valence-electron chi connectivity index (χ4n) is 6.28. The van der Waals surface area contributed by atoms with E-state index in [1.54, 1.807) is 0 Å². The van der Waals surface area contributed by atoms with E-state index in [2.05, 4.69) is 40.5 Å². The second-order valence-corrected chi connectivity index (χ2v) is 11.7. The number of carbonyl (C=O) groups is 1. The minimum absolute atomic E-state index is 0.00649. The van der Waals surface area contributed by atoms with Gasteiger partial charge in [-0.2, -0.15) is 0 Å². The summed E-state index contributed by atoms with van der Waals surface area (Å²) in [5.74, 6) is -0.100. The Morgan fingerprint density at radius 3 is 2.32 bits per heavy atom. The van der Waals surface area contributed by atoms with E-state index in [1.807, 2.05) is 72.8 Å². The van der Waals surface area contributed by atoms with Crippen molar-refractivity contribution in [1.82, 2.24) is 10.2 Å². The largest absolute Gasteiger partial charge is 0.395 e. The van der Waals surface area contributed by atoms with Gasteiger partial charge >= 0.3 is 0 Å². The van der Waals surface area contributed by atoms with E-state index >= 15 is 0 Å². The van der Waals surface area contributed by atoms with Crippen LogP contribution in [0.15, 0.2) is 103 Å². The lowest BCUT2D eigenvalue weighted by atomic mass is 9.97. The number of likely N-dealkylation sites (tertiary alicyclic amines) is 1. The highest BCUT2D eigenvalue weighted by atomic mass is 16.7. The number of benzene rings is 4. The molecule has 0 aromatic heterocycles. The van der Waals surface area contributed by atoms with Crippen molar-refractivity contribution >= 4 is 5.91 Å². The Hall–Kier alpha value is -3.85. The van der Waals surface area contributed by atoms with Crippen LogP contribution in [-0.4, -0.2) is 52.9 Å². The van der Waals surface area contributed by atoms with Crippen molar-refractivity contribution in [2.24, 2.45) is 0 Å². The molecule has 2 heterocycles. The van der Waals surface area contributed by atoms with Gasteiger partial charge in [-0.3, -0.25) is 9.69 Å². The van der Waals surface area contributed by atoms with Gasteiger partial charge in [0.1, 0.15) is 0 Å². The normalized spacial score (nSPS) is 22.1. The Bertz CT molecular complexity index is 1510. The predicted molar refractivity (Wildman–Crippen MR) is 170 cm³/mol. The number of hydrogen-bond acceptors (Lipinski definition) is 6. The van der Waals surface area contributed by atoms with Crippen molar-refractivity contribution in [1.29, 1.82) is 0 Å². The Labute approximate surface area is 259 Å². The van der Waals surface area contributed by atoms with E-state index in [9.17, 15) is 15.0 Å². The van der Waals surface area contributed by atoms with Crippen LogP contribution in [0, 0.1) is 0 Å². The maximum atomic E-state index is 12.7. The molecule has 2 fully saturated rings. The van der Waals surface area contributed by atoms with Gasteiger partial charge in [0, 0.05) is 36.7 Å². The van der Waals surface area contributed by atoms with Crippen molar-refractivity contribution in [3.05, 3.63) is 131 Å². The molecule has 0 spiro atoms. The van der Waals surface area contributed by atoms with Crippen molar-refractivity contribution in [3.8, 4) is 11.1 Å². The van der Waals surface area contributed by atoms with E-state index in [4.69, 9.17) is 9.47 Å². The molecule has 4 aromatic carbocycles. The van der Waals surface area contributed by atoms with Crippen LogP contribution in [0.25, 0.3) is 11.1 Å². The Morgan fingerprint density at radius 1 is 0.841 bits per heavy atom. The Morgan fingerprint density at radius 2 is 1.57 bits per heavy atom. The summed E-state index contributed by atoms with van der Waals surface area (Å²) in [6, 6.07) is 33.7. The van der Waals surface area contributed by atoms with Gasteiger partial charge in [-0.05, 0) is 59.3 Å². The molecule has 0 radical (unpaired) electrons. The summed E-state index contributed by atoms with van der Waals surface area (Å²) in [7, 11) is 0. The van der Waals surface area contributed by atoms with Crippen molar-refractivity contribution < 1.29 is 24.5 Å². The van der Waals surface area contributed by atoms with Gasteiger partial charge in [0.25, 0.3) is 5.91 Å². The van der Waals surface area contributed by atoms with Gasteiger partial charge < -0.3 is 25.0 Å². The van der Waals surface area contributed by atoms with E-state index < -0.39 is 6.29 Å². The number of rotatable bonds is 10. The lowest BCUT2D eigenvalue weighted by Gasteiger charge is -2.38. The molecule has 44 heavy (non-hydrogen) atoms. The summed E-state index contributed by atoms with van der Waals surface area (Å²) < 4.78 is 13.1. The minimum atomic E-state index is -0.541. The molecule has 228 valence electrons. The Kier molecular flexibility index (Phi) is 9.80. The fraction of sp³-hybridized carbons (Fsp3) is 0.324. The van der Waals surface area contributed by atoms with Crippen LogP contribution in [0.4, 0.5) is 0 Å². The number of ether oxygens (including phenoxy) is 2. The van der Waals surface area contributed by atoms with Gasteiger partial charge in [0.05, 0.1) is 25.4 Å². The lowest BCUT2D eigenvalue weighted by molar-refractivity contribution is -0.253. The molecule has 0 bridgehead atoms. The zero-order chi connectivity index (χ0) is 30.3. The monoisotopic (exact) mass is 592 g/mol. The molecule has 1 amide bonds. The van der Waals surface area contributed by atoms with Gasteiger partial charge in [-0.1, -0.05) is 91.0 Å². The van der Waals surface area contributed by atoms with Gasteiger partial charge in [0.2, 0.25) is 0 Å². The first-order valence-electron chi connectivity index (χ1n) is 15.5. The average molecular weight is 593 g/mol. The van der Waals surface area contributed by atoms with E-state index in [1.165, 1.54) is 0 Å². The second-order valence-electron chi connectivity index (χ2n) is 11.7. The first kappa shape index (κ1) is 30.2. The van der Waals surface area contributed by atoms with Gasteiger partial charge in [-0.15, -0.1) is 0 Å². The predicted octanol–water partition coefficient (Wildman–Crippen LogP) is 5.78. The van der Waals surface area contributed by atoms with Crippen LogP contribution in [0.5, 0.6) is 0 Å². The average Bonchev–Trinajstić information content (AvgIpc) is 3.54. The van der Waals surface area contributed by atoms with Crippen LogP contribution in [-0.2, 0) is 22.6 Å². The molecule has 2 saturated heterocycles. The first-order valence-corrected chi connectivity index (χ1v) is 15.5. The van der Waals surface area contributed by atoms with Crippen LogP contribution in [0.3, 0.4) is 0 Å². The summed E-state index contributed by atoms with van der Waals surface area (Å²) in [5.41, 5.74) is 6.64. The molecular weight excluding hydrogens is 552 g/mol. The van der Waals surface area contributed by atoms with Crippen LogP contribution in [0.1, 0.15) is 64.3 Å². The maximum absolute atomic E-state index is 12.7. The smallest absolute Gasteiger partial charge is 0.251 e. The van der Waals surface area contributed by atoms with Crippen LogP contribution >= 0.6 is 0 Å². The molecule has 2 aliphatic rings. The molecule has 4 atom stereocenters. The summed E-state index contributed by atoms with van der Waals surface area (Å²) >= 11 is 0. The zero-order valence-electron chi connectivity index (χ0n) is 24.8. The van der Waals surface area contributed by atoms with E-state index in [-0.39, 0.29) is 37.4 Å². The van der Waals surface area contributed by atoms with Gasteiger partial charge in [0.15, 0.2) is 6.29 Å².